The lowest BCUT2D eigenvalue weighted by Crippen LogP contribution is -2.28. The fraction of sp³-hybridized carbons (Fsp3) is 0.278. The van der Waals surface area contributed by atoms with E-state index < -0.39 is 0 Å². The largest absolute Gasteiger partial charge is 0.455 e. The second-order valence-corrected chi connectivity index (χ2v) is 4.99. The van der Waals surface area contributed by atoms with Gasteiger partial charge in [0.1, 0.15) is 5.75 Å². The first-order chi connectivity index (χ1) is 10.8. The van der Waals surface area contributed by atoms with E-state index in [1.165, 1.54) is 0 Å². The topological polar surface area (TPSA) is 50.4 Å². The van der Waals surface area contributed by atoms with Gasteiger partial charge < -0.3 is 15.4 Å². The normalized spacial score (nSPS) is 10.2. The van der Waals surface area contributed by atoms with E-state index in [-0.39, 0.29) is 5.91 Å². The van der Waals surface area contributed by atoms with Crippen molar-refractivity contribution in [2.45, 2.75) is 19.8 Å². The SMILES string of the molecule is CCCCNCC(=O)Nc1ccccc1Oc1ccccc1. The molecule has 2 N–H and O–H groups in total. The summed E-state index contributed by atoms with van der Waals surface area (Å²) < 4.78 is 5.82. The van der Waals surface area contributed by atoms with E-state index in [9.17, 15) is 4.79 Å². The van der Waals surface area contributed by atoms with Crippen LogP contribution < -0.4 is 15.4 Å². The van der Waals surface area contributed by atoms with Crippen LogP contribution in [0.4, 0.5) is 5.69 Å². The minimum absolute atomic E-state index is 0.0692. The van der Waals surface area contributed by atoms with Gasteiger partial charge >= 0.3 is 0 Å². The van der Waals surface area contributed by atoms with Crippen molar-refractivity contribution in [2.75, 3.05) is 18.4 Å². The molecule has 0 aliphatic carbocycles. The number of unbranched alkanes of at least 4 members (excludes halogenated alkanes) is 1. The fourth-order valence-corrected chi connectivity index (χ4v) is 1.97. The Hall–Kier alpha value is -2.33. The standard InChI is InChI=1S/C18H22N2O2/c1-2-3-13-19-14-18(21)20-16-11-7-8-12-17(16)22-15-9-5-4-6-10-15/h4-12,19H,2-3,13-14H2,1H3,(H,20,21). The molecule has 0 bridgehead atoms. The van der Waals surface area contributed by atoms with Crippen molar-refractivity contribution in [1.29, 1.82) is 0 Å². The van der Waals surface area contributed by atoms with Crippen LogP contribution in [0.15, 0.2) is 54.6 Å². The molecule has 22 heavy (non-hydrogen) atoms. The first kappa shape index (κ1) is 16.0. The first-order valence-electron chi connectivity index (χ1n) is 7.62. The predicted octanol–water partition coefficient (Wildman–Crippen LogP) is 3.81. The highest BCUT2D eigenvalue weighted by Gasteiger charge is 2.07. The van der Waals surface area contributed by atoms with Gasteiger partial charge in [-0.2, -0.15) is 0 Å². The molecule has 0 saturated heterocycles. The van der Waals surface area contributed by atoms with E-state index >= 15 is 0 Å². The fourth-order valence-electron chi connectivity index (χ4n) is 1.97. The Bertz CT molecular complexity index is 585. The second-order valence-electron chi connectivity index (χ2n) is 4.99. The molecular formula is C18H22N2O2. The molecule has 0 aliphatic rings. The smallest absolute Gasteiger partial charge is 0.238 e. The number of rotatable bonds is 8. The van der Waals surface area contributed by atoms with Crippen LogP contribution in [-0.4, -0.2) is 19.0 Å². The van der Waals surface area contributed by atoms with Crippen molar-refractivity contribution in [1.82, 2.24) is 5.32 Å². The Morgan fingerprint density at radius 1 is 1.05 bits per heavy atom. The summed E-state index contributed by atoms with van der Waals surface area (Å²) in [4.78, 5) is 12.0. The Morgan fingerprint density at radius 3 is 2.55 bits per heavy atom. The predicted molar refractivity (Wildman–Crippen MR) is 89.4 cm³/mol. The molecule has 116 valence electrons. The van der Waals surface area contributed by atoms with Crippen molar-refractivity contribution in [3.05, 3.63) is 54.6 Å². The van der Waals surface area contributed by atoms with E-state index in [4.69, 9.17) is 4.74 Å². The Kier molecular flexibility index (Phi) is 6.45. The number of hydrogen-bond acceptors (Lipinski definition) is 3. The minimum atomic E-state index is -0.0692. The lowest BCUT2D eigenvalue weighted by molar-refractivity contribution is -0.115. The molecule has 4 heteroatoms. The first-order valence-corrected chi connectivity index (χ1v) is 7.62. The van der Waals surface area contributed by atoms with Gasteiger partial charge in [0.25, 0.3) is 0 Å². The molecule has 0 saturated carbocycles. The van der Waals surface area contributed by atoms with Crippen LogP contribution in [0, 0.1) is 0 Å². The molecule has 2 rings (SSSR count). The molecule has 0 heterocycles. The van der Waals surface area contributed by atoms with Crippen LogP contribution in [0.2, 0.25) is 0 Å². The van der Waals surface area contributed by atoms with Crippen molar-refractivity contribution in [3.63, 3.8) is 0 Å². The summed E-state index contributed by atoms with van der Waals surface area (Å²) in [5.74, 6) is 1.31. The number of benzene rings is 2. The van der Waals surface area contributed by atoms with Crippen molar-refractivity contribution < 1.29 is 9.53 Å². The van der Waals surface area contributed by atoms with Crippen LogP contribution in [0.25, 0.3) is 0 Å². The summed E-state index contributed by atoms with van der Waals surface area (Å²) in [6, 6.07) is 16.9. The van der Waals surface area contributed by atoms with Gasteiger partial charge in [0.05, 0.1) is 12.2 Å². The maximum atomic E-state index is 12.0. The summed E-state index contributed by atoms with van der Waals surface area (Å²) in [5, 5.41) is 6.00. The second kappa shape index (κ2) is 8.85. The number of para-hydroxylation sites is 3. The van der Waals surface area contributed by atoms with Crippen LogP contribution >= 0.6 is 0 Å². The number of anilines is 1. The lowest BCUT2D eigenvalue weighted by atomic mass is 10.2. The molecule has 2 aromatic carbocycles. The van der Waals surface area contributed by atoms with Gasteiger partial charge in [0.15, 0.2) is 5.75 Å². The number of carbonyl (C=O) groups is 1. The van der Waals surface area contributed by atoms with E-state index in [0.717, 1.165) is 25.1 Å². The third-order valence-corrected chi connectivity index (χ3v) is 3.12. The average molecular weight is 298 g/mol. The zero-order chi connectivity index (χ0) is 15.6. The summed E-state index contributed by atoms with van der Waals surface area (Å²) in [5.41, 5.74) is 0.675. The van der Waals surface area contributed by atoms with E-state index in [1.54, 1.807) is 0 Å². The molecule has 1 amide bonds. The van der Waals surface area contributed by atoms with Gasteiger partial charge in [-0.25, -0.2) is 0 Å². The van der Waals surface area contributed by atoms with Gasteiger partial charge in [0, 0.05) is 0 Å². The highest BCUT2D eigenvalue weighted by atomic mass is 16.5. The number of amides is 1. The molecule has 4 nitrogen and oxygen atoms in total. The van der Waals surface area contributed by atoms with Gasteiger partial charge in [-0.15, -0.1) is 0 Å². The summed E-state index contributed by atoms with van der Waals surface area (Å²) in [7, 11) is 0. The highest BCUT2D eigenvalue weighted by molar-refractivity contribution is 5.93. The number of nitrogens with one attached hydrogen (secondary N) is 2. The zero-order valence-electron chi connectivity index (χ0n) is 12.8. The van der Waals surface area contributed by atoms with Gasteiger partial charge in [-0.1, -0.05) is 43.7 Å². The maximum absolute atomic E-state index is 12.0. The van der Waals surface area contributed by atoms with Crippen molar-refractivity contribution in [3.8, 4) is 11.5 Å². The monoisotopic (exact) mass is 298 g/mol. The molecule has 2 aromatic rings. The van der Waals surface area contributed by atoms with Gasteiger partial charge in [-0.3, -0.25) is 4.79 Å². The van der Waals surface area contributed by atoms with Gasteiger partial charge in [0.2, 0.25) is 5.91 Å². The Labute approximate surface area is 131 Å². The third kappa shape index (κ3) is 5.22. The molecule has 0 unspecified atom stereocenters. The summed E-state index contributed by atoms with van der Waals surface area (Å²) in [6.07, 6.45) is 2.18. The molecule has 0 aliphatic heterocycles. The minimum Gasteiger partial charge on any atom is -0.455 e. The van der Waals surface area contributed by atoms with Crippen LogP contribution in [0.1, 0.15) is 19.8 Å². The quantitative estimate of drug-likeness (QED) is 0.729. The van der Waals surface area contributed by atoms with E-state index in [1.807, 2.05) is 54.6 Å². The number of carbonyl (C=O) groups excluding carboxylic acids is 1. The van der Waals surface area contributed by atoms with Crippen molar-refractivity contribution >= 4 is 11.6 Å². The average Bonchev–Trinajstić information content (AvgIpc) is 2.54. The number of ether oxygens (including phenoxy) is 1. The molecule has 0 radical (unpaired) electrons. The maximum Gasteiger partial charge on any atom is 0.238 e. The number of hydrogen-bond donors (Lipinski definition) is 2. The Balaban J connectivity index is 1.95. The molecule has 0 aromatic heterocycles. The van der Waals surface area contributed by atoms with E-state index in [2.05, 4.69) is 17.6 Å². The van der Waals surface area contributed by atoms with Crippen LogP contribution in [0.5, 0.6) is 11.5 Å². The van der Waals surface area contributed by atoms with Crippen LogP contribution in [-0.2, 0) is 4.79 Å². The summed E-state index contributed by atoms with van der Waals surface area (Å²) >= 11 is 0. The van der Waals surface area contributed by atoms with Crippen molar-refractivity contribution in [2.24, 2.45) is 0 Å². The Morgan fingerprint density at radius 2 is 1.77 bits per heavy atom. The molecule has 0 fully saturated rings. The van der Waals surface area contributed by atoms with Crippen LogP contribution in [0.3, 0.4) is 0 Å². The molecular weight excluding hydrogens is 276 g/mol. The molecule has 0 atom stereocenters. The highest BCUT2D eigenvalue weighted by Crippen LogP contribution is 2.28. The van der Waals surface area contributed by atoms with E-state index in [0.29, 0.717) is 18.0 Å². The molecule has 0 spiro atoms. The summed E-state index contributed by atoms with van der Waals surface area (Å²) in [6.45, 7) is 3.28. The zero-order valence-corrected chi connectivity index (χ0v) is 12.8. The third-order valence-electron chi connectivity index (χ3n) is 3.12. The lowest BCUT2D eigenvalue weighted by Gasteiger charge is -2.12. The van der Waals surface area contributed by atoms with Gasteiger partial charge in [-0.05, 0) is 37.2 Å².